The Morgan fingerprint density at radius 2 is 0.917 bits per heavy atom. The van der Waals surface area contributed by atoms with Gasteiger partial charge in [0.05, 0.1) is 0 Å². The molecule has 1 rings (SSSR count). The van der Waals surface area contributed by atoms with Gasteiger partial charge in [-0.25, -0.2) is 0 Å². The molecule has 0 fully saturated rings. The number of rotatable bonds is 0. The molecular weight excluding hydrogens is 150 g/mol. The molecule has 1 aromatic rings. The molecule has 0 heterocycles. The van der Waals surface area contributed by atoms with E-state index in [9.17, 15) is 0 Å². The molecule has 0 amide bonds. The van der Waals surface area contributed by atoms with E-state index in [1.165, 1.54) is 0 Å². The van der Waals surface area contributed by atoms with E-state index in [0.29, 0.717) is 6.04 Å². The van der Waals surface area contributed by atoms with Gasteiger partial charge < -0.3 is 10.8 Å². The lowest BCUT2D eigenvalue weighted by atomic mass is 10.4. The second-order valence-electron chi connectivity index (χ2n) is 2.40. The third kappa shape index (κ3) is 22.9. The number of benzene rings is 1. The molecule has 0 aliphatic heterocycles. The monoisotopic (exact) mass is 169 g/mol. The highest BCUT2D eigenvalue weighted by Gasteiger charge is 1.67. The van der Waals surface area contributed by atoms with Crippen molar-refractivity contribution in [2.24, 2.45) is 5.73 Å². The summed E-state index contributed by atoms with van der Waals surface area (Å²) in [6, 6.07) is 12.3. The predicted octanol–water partition coefficient (Wildman–Crippen LogP) is 1.65. The molecule has 0 saturated carbocycles. The van der Waals surface area contributed by atoms with E-state index in [1.54, 1.807) is 0 Å². The Labute approximate surface area is 75.0 Å². The summed E-state index contributed by atoms with van der Waals surface area (Å²) in [5.41, 5.74) is 5.11. The topological polar surface area (TPSA) is 46.2 Å². The summed E-state index contributed by atoms with van der Waals surface area (Å²) in [4.78, 5) is 0. The molecule has 0 aliphatic carbocycles. The van der Waals surface area contributed by atoms with Crippen LogP contribution in [-0.2, 0) is 0 Å². The lowest BCUT2D eigenvalue weighted by Crippen LogP contribution is -2.06. The molecule has 0 saturated heterocycles. The van der Waals surface area contributed by atoms with Crippen molar-refractivity contribution in [1.29, 1.82) is 0 Å². The van der Waals surface area contributed by atoms with Crippen molar-refractivity contribution >= 4 is 0 Å². The molecule has 2 nitrogen and oxygen atoms in total. The average Bonchev–Trinajstić information content (AvgIpc) is 2.10. The summed E-state index contributed by atoms with van der Waals surface area (Å²) in [7, 11) is 1.00. The van der Waals surface area contributed by atoms with Crippen molar-refractivity contribution < 1.29 is 5.11 Å². The quantitative estimate of drug-likeness (QED) is 0.620. The van der Waals surface area contributed by atoms with Crippen LogP contribution in [-0.4, -0.2) is 18.3 Å². The number of hydrogen-bond acceptors (Lipinski definition) is 2. The van der Waals surface area contributed by atoms with Crippen LogP contribution in [0.15, 0.2) is 36.4 Å². The fourth-order valence-electron chi connectivity index (χ4n) is 0.385. The van der Waals surface area contributed by atoms with Gasteiger partial charge in [0.1, 0.15) is 0 Å². The Morgan fingerprint density at radius 3 is 1.00 bits per heavy atom. The second-order valence-corrected chi connectivity index (χ2v) is 2.40. The lowest BCUT2D eigenvalue weighted by molar-refractivity contribution is 0.399. The summed E-state index contributed by atoms with van der Waals surface area (Å²) in [5.74, 6) is 0. The predicted molar refractivity (Wildman–Crippen MR) is 53.9 cm³/mol. The minimum Gasteiger partial charge on any atom is -0.400 e. The highest BCUT2D eigenvalue weighted by atomic mass is 16.2. The van der Waals surface area contributed by atoms with Gasteiger partial charge in [0.15, 0.2) is 0 Å². The van der Waals surface area contributed by atoms with E-state index in [-0.39, 0.29) is 0 Å². The molecule has 12 heavy (non-hydrogen) atoms. The second kappa shape index (κ2) is 12.8. The third-order valence-corrected chi connectivity index (χ3v) is 0.667. The van der Waals surface area contributed by atoms with Gasteiger partial charge >= 0.3 is 0 Å². The van der Waals surface area contributed by atoms with Crippen molar-refractivity contribution in [2.75, 3.05) is 7.11 Å². The van der Waals surface area contributed by atoms with E-state index >= 15 is 0 Å². The maximum atomic E-state index is 7.00. The van der Waals surface area contributed by atoms with Crippen molar-refractivity contribution in [3.63, 3.8) is 0 Å². The van der Waals surface area contributed by atoms with Gasteiger partial charge in [0.25, 0.3) is 0 Å². The maximum absolute atomic E-state index is 7.00. The van der Waals surface area contributed by atoms with Crippen LogP contribution in [0.4, 0.5) is 0 Å². The van der Waals surface area contributed by atoms with Gasteiger partial charge in [-0.3, -0.25) is 0 Å². The van der Waals surface area contributed by atoms with Crippen LogP contribution < -0.4 is 5.73 Å². The normalized spacial score (nSPS) is 7.50. The highest BCUT2D eigenvalue weighted by molar-refractivity contribution is 4.99. The Balaban J connectivity index is 0. The molecular formula is C10H19NO. The zero-order valence-electron chi connectivity index (χ0n) is 8.07. The molecule has 0 atom stereocenters. The molecule has 0 unspecified atom stereocenters. The zero-order chi connectivity index (χ0) is 9.82. The fourth-order valence-corrected chi connectivity index (χ4v) is 0.385. The minimum absolute atomic E-state index is 0.333. The van der Waals surface area contributed by atoms with Crippen molar-refractivity contribution in [2.45, 2.75) is 19.9 Å². The number of aliphatic hydroxyl groups is 1. The molecule has 1 aromatic carbocycles. The van der Waals surface area contributed by atoms with E-state index in [4.69, 9.17) is 10.8 Å². The average molecular weight is 169 g/mol. The van der Waals surface area contributed by atoms with Crippen LogP contribution >= 0.6 is 0 Å². The van der Waals surface area contributed by atoms with Crippen molar-refractivity contribution in [3.05, 3.63) is 36.4 Å². The van der Waals surface area contributed by atoms with E-state index < -0.39 is 0 Å². The lowest BCUT2D eigenvalue weighted by Gasteiger charge is -1.81. The van der Waals surface area contributed by atoms with E-state index in [1.807, 2.05) is 50.2 Å². The van der Waals surface area contributed by atoms with Crippen LogP contribution in [0.3, 0.4) is 0 Å². The highest BCUT2D eigenvalue weighted by Crippen LogP contribution is 1.79. The summed E-state index contributed by atoms with van der Waals surface area (Å²) < 4.78 is 0. The van der Waals surface area contributed by atoms with Crippen LogP contribution in [0.25, 0.3) is 0 Å². The molecule has 0 spiro atoms. The minimum atomic E-state index is 0.333. The van der Waals surface area contributed by atoms with Crippen LogP contribution in [0, 0.1) is 0 Å². The fraction of sp³-hybridized carbons (Fsp3) is 0.400. The van der Waals surface area contributed by atoms with Gasteiger partial charge in [0, 0.05) is 7.11 Å². The van der Waals surface area contributed by atoms with E-state index in [0.717, 1.165) is 7.11 Å². The molecule has 0 bridgehead atoms. The molecule has 70 valence electrons. The summed E-state index contributed by atoms with van der Waals surface area (Å²) >= 11 is 0. The Hall–Kier alpha value is -0.860. The van der Waals surface area contributed by atoms with Crippen molar-refractivity contribution in [3.8, 4) is 0 Å². The van der Waals surface area contributed by atoms with Gasteiger partial charge in [-0.15, -0.1) is 0 Å². The first kappa shape index (κ1) is 13.7. The Kier molecular flexibility index (Phi) is 14.6. The third-order valence-electron chi connectivity index (χ3n) is 0.667. The number of hydrogen-bond donors (Lipinski definition) is 2. The zero-order valence-corrected chi connectivity index (χ0v) is 8.07. The first-order valence-electron chi connectivity index (χ1n) is 3.94. The summed E-state index contributed by atoms with van der Waals surface area (Å²) in [5, 5.41) is 7.00. The summed E-state index contributed by atoms with van der Waals surface area (Å²) in [6.45, 7) is 3.89. The van der Waals surface area contributed by atoms with Gasteiger partial charge in [0.2, 0.25) is 0 Å². The molecule has 0 radical (unpaired) electrons. The molecule has 0 aromatic heterocycles. The molecule has 3 N–H and O–H groups in total. The standard InChI is InChI=1S/C6H6.C3H9N.CH4O/c1-2-4-6-5-3-1;1-3(2)4;1-2/h1-6H;3H,4H2,1-2H3;2H,1H3. The number of nitrogens with two attached hydrogens (primary N) is 1. The first-order chi connectivity index (χ1) is 5.73. The largest absolute Gasteiger partial charge is 0.400 e. The van der Waals surface area contributed by atoms with Gasteiger partial charge in [-0.1, -0.05) is 50.2 Å². The van der Waals surface area contributed by atoms with E-state index in [2.05, 4.69) is 0 Å². The number of aliphatic hydroxyl groups excluding tert-OH is 1. The molecule has 0 aliphatic rings. The van der Waals surface area contributed by atoms with Gasteiger partial charge in [-0.05, 0) is 6.04 Å². The van der Waals surface area contributed by atoms with Gasteiger partial charge in [-0.2, -0.15) is 0 Å². The summed E-state index contributed by atoms with van der Waals surface area (Å²) in [6.07, 6.45) is 0. The maximum Gasteiger partial charge on any atom is 0.0319 e. The van der Waals surface area contributed by atoms with Crippen LogP contribution in [0.1, 0.15) is 13.8 Å². The van der Waals surface area contributed by atoms with Crippen molar-refractivity contribution in [1.82, 2.24) is 0 Å². The Bertz CT molecular complexity index is 110. The SMILES string of the molecule is CC(C)N.CO.c1ccccc1. The Morgan fingerprint density at radius 1 is 0.833 bits per heavy atom. The van der Waals surface area contributed by atoms with Crippen LogP contribution in [0.2, 0.25) is 0 Å². The van der Waals surface area contributed by atoms with Crippen LogP contribution in [0.5, 0.6) is 0 Å². The molecule has 2 heteroatoms. The first-order valence-corrected chi connectivity index (χ1v) is 3.94. The smallest absolute Gasteiger partial charge is 0.0319 e.